The first kappa shape index (κ1) is 15.2. The summed E-state index contributed by atoms with van der Waals surface area (Å²) in [5.41, 5.74) is 0.666. The average molecular weight is 296 g/mol. The van der Waals surface area contributed by atoms with Crippen LogP contribution in [0.25, 0.3) is 0 Å². The van der Waals surface area contributed by atoms with Crippen molar-refractivity contribution in [1.29, 1.82) is 0 Å². The summed E-state index contributed by atoms with van der Waals surface area (Å²) >= 11 is 5.93. The van der Waals surface area contributed by atoms with E-state index in [9.17, 15) is 4.79 Å². The summed E-state index contributed by atoms with van der Waals surface area (Å²) in [7, 11) is 0. The Morgan fingerprint density at radius 3 is 2.50 bits per heavy atom. The van der Waals surface area contributed by atoms with E-state index < -0.39 is 5.60 Å². The van der Waals surface area contributed by atoms with Gasteiger partial charge < -0.3 is 9.64 Å². The highest BCUT2D eigenvalue weighted by Gasteiger charge is 2.31. The van der Waals surface area contributed by atoms with E-state index in [0.29, 0.717) is 5.02 Å². The van der Waals surface area contributed by atoms with Crippen molar-refractivity contribution in [2.24, 2.45) is 0 Å². The molecule has 110 valence electrons. The van der Waals surface area contributed by atoms with E-state index in [1.807, 2.05) is 49.9 Å². The second-order valence-electron chi connectivity index (χ2n) is 6.24. The van der Waals surface area contributed by atoms with Crippen LogP contribution < -0.4 is 0 Å². The Bertz CT molecular complexity index is 464. The fourth-order valence-electron chi connectivity index (χ4n) is 2.50. The Morgan fingerprint density at radius 2 is 1.90 bits per heavy atom. The number of rotatable bonds is 1. The molecule has 1 saturated heterocycles. The maximum absolute atomic E-state index is 12.3. The topological polar surface area (TPSA) is 29.5 Å². The zero-order valence-corrected chi connectivity index (χ0v) is 13.1. The molecule has 0 radical (unpaired) electrons. The van der Waals surface area contributed by atoms with Crippen LogP contribution in [-0.4, -0.2) is 23.1 Å². The number of carbonyl (C=O) groups excluding carboxylic acids is 1. The zero-order valence-electron chi connectivity index (χ0n) is 12.4. The fourth-order valence-corrected chi connectivity index (χ4v) is 2.63. The van der Waals surface area contributed by atoms with Gasteiger partial charge in [0.2, 0.25) is 0 Å². The van der Waals surface area contributed by atoms with Crippen molar-refractivity contribution >= 4 is 17.7 Å². The first-order valence-corrected chi connectivity index (χ1v) is 7.50. The van der Waals surface area contributed by atoms with Crippen molar-refractivity contribution in [2.75, 3.05) is 6.54 Å². The quantitative estimate of drug-likeness (QED) is 0.744. The minimum atomic E-state index is -0.459. The Morgan fingerprint density at radius 1 is 1.25 bits per heavy atom. The Hall–Kier alpha value is -1.22. The summed E-state index contributed by atoms with van der Waals surface area (Å²) in [4.78, 5) is 14.2. The number of ether oxygens (including phenoxy) is 1. The lowest BCUT2D eigenvalue weighted by Gasteiger charge is -2.37. The number of hydrogen-bond acceptors (Lipinski definition) is 2. The van der Waals surface area contributed by atoms with Gasteiger partial charge in [0.05, 0.1) is 6.04 Å². The van der Waals surface area contributed by atoms with Crippen LogP contribution in [0.1, 0.15) is 51.6 Å². The van der Waals surface area contributed by atoms with E-state index in [-0.39, 0.29) is 12.1 Å². The molecule has 0 aromatic heterocycles. The van der Waals surface area contributed by atoms with Crippen LogP contribution in [0.2, 0.25) is 5.02 Å². The van der Waals surface area contributed by atoms with Gasteiger partial charge in [0, 0.05) is 11.6 Å². The molecule has 0 bridgehead atoms. The van der Waals surface area contributed by atoms with Gasteiger partial charge in [0.25, 0.3) is 0 Å². The molecule has 1 aromatic carbocycles. The van der Waals surface area contributed by atoms with Crippen LogP contribution in [0.15, 0.2) is 24.3 Å². The molecule has 20 heavy (non-hydrogen) atoms. The molecule has 2 rings (SSSR count). The van der Waals surface area contributed by atoms with Crippen LogP contribution in [0.3, 0.4) is 0 Å². The van der Waals surface area contributed by atoms with E-state index in [2.05, 4.69) is 0 Å². The predicted octanol–water partition coefficient (Wildman–Crippen LogP) is 4.80. The minimum Gasteiger partial charge on any atom is -0.444 e. The van der Waals surface area contributed by atoms with E-state index in [1.165, 1.54) is 0 Å². The first-order chi connectivity index (χ1) is 9.37. The van der Waals surface area contributed by atoms with Gasteiger partial charge in [0.1, 0.15) is 5.60 Å². The van der Waals surface area contributed by atoms with Gasteiger partial charge in [-0.2, -0.15) is 0 Å². The minimum absolute atomic E-state index is 0.0934. The van der Waals surface area contributed by atoms with Crippen molar-refractivity contribution in [1.82, 2.24) is 4.90 Å². The maximum Gasteiger partial charge on any atom is 0.410 e. The van der Waals surface area contributed by atoms with Crippen molar-refractivity contribution in [3.05, 3.63) is 34.9 Å². The fraction of sp³-hybridized carbons (Fsp3) is 0.562. The molecule has 3 nitrogen and oxygen atoms in total. The zero-order chi connectivity index (χ0) is 14.8. The molecule has 1 fully saturated rings. The molecule has 1 aliphatic rings. The molecule has 0 saturated carbocycles. The summed E-state index contributed by atoms with van der Waals surface area (Å²) < 4.78 is 5.51. The van der Waals surface area contributed by atoms with Crippen LogP contribution in [0.5, 0.6) is 0 Å². The number of piperidine rings is 1. The molecule has 1 aliphatic heterocycles. The van der Waals surface area contributed by atoms with E-state index in [4.69, 9.17) is 16.3 Å². The van der Waals surface area contributed by atoms with Gasteiger partial charge in [-0.25, -0.2) is 4.79 Å². The molecule has 1 amide bonds. The largest absolute Gasteiger partial charge is 0.444 e. The number of amides is 1. The monoisotopic (exact) mass is 295 g/mol. The van der Waals surface area contributed by atoms with Gasteiger partial charge in [-0.05, 0) is 57.7 Å². The lowest BCUT2D eigenvalue weighted by molar-refractivity contribution is 0.00952. The third-order valence-corrected chi connectivity index (χ3v) is 3.64. The Kier molecular flexibility index (Phi) is 4.59. The van der Waals surface area contributed by atoms with Gasteiger partial charge in [-0.15, -0.1) is 0 Å². The molecule has 0 spiro atoms. The Labute approximate surface area is 125 Å². The van der Waals surface area contributed by atoms with Gasteiger partial charge in [0.15, 0.2) is 0 Å². The van der Waals surface area contributed by atoms with Gasteiger partial charge in [-0.1, -0.05) is 23.7 Å². The molecule has 1 heterocycles. The maximum atomic E-state index is 12.3. The van der Waals surface area contributed by atoms with E-state index >= 15 is 0 Å². The molecule has 0 aliphatic carbocycles. The van der Waals surface area contributed by atoms with Crippen molar-refractivity contribution in [3.63, 3.8) is 0 Å². The summed E-state index contributed by atoms with van der Waals surface area (Å²) in [6, 6.07) is 7.83. The van der Waals surface area contributed by atoms with Crippen LogP contribution in [0.4, 0.5) is 4.79 Å². The van der Waals surface area contributed by atoms with E-state index in [1.54, 1.807) is 0 Å². The van der Waals surface area contributed by atoms with Gasteiger partial charge in [-0.3, -0.25) is 0 Å². The lowest BCUT2D eigenvalue weighted by Crippen LogP contribution is -2.41. The number of nitrogens with zero attached hydrogens (tertiary/aromatic N) is 1. The number of carbonyl (C=O) groups is 1. The molecular formula is C16H22ClNO2. The highest BCUT2D eigenvalue weighted by Crippen LogP contribution is 2.32. The molecular weight excluding hydrogens is 274 g/mol. The van der Waals surface area contributed by atoms with Crippen LogP contribution in [-0.2, 0) is 4.74 Å². The molecule has 0 N–H and O–H groups in total. The highest BCUT2D eigenvalue weighted by molar-refractivity contribution is 6.30. The molecule has 1 atom stereocenters. The summed E-state index contributed by atoms with van der Waals surface area (Å²) in [6.07, 6.45) is 2.91. The second-order valence-corrected chi connectivity index (χ2v) is 6.67. The third kappa shape index (κ3) is 3.89. The first-order valence-electron chi connectivity index (χ1n) is 7.12. The second kappa shape index (κ2) is 6.04. The predicted molar refractivity (Wildman–Crippen MR) is 81.0 cm³/mol. The number of likely N-dealkylation sites (tertiary alicyclic amines) is 1. The number of benzene rings is 1. The van der Waals surface area contributed by atoms with Crippen molar-refractivity contribution < 1.29 is 9.53 Å². The van der Waals surface area contributed by atoms with E-state index in [0.717, 1.165) is 31.4 Å². The van der Waals surface area contributed by atoms with Crippen LogP contribution in [0, 0.1) is 0 Å². The highest BCUT2D eigenvalue weighted by atomic mass is 35.5. The number of hydrogen-bond donors (Lipinski definition) is 0. The smallest absolute Gasteiger partial charge is 0.410 e. The van der Waals surface area contributed by atoms with Crippen molar-refractivity contribution in [2.45, 2.75) is 51.7 Å². The summed E-state index contributed by atoms with van der Waals surface area (Å²) in [5, 5.41) is 0.716. The molecule has 1 unspecified atom stereocenters. The summed E-state index contributed by atoms with van der Waals surface area (Å²) in [6.45, 7) is 6.44. The van der Waals surface area contributed by atoms with Crippen LogP contribution >= 0.6 is 11.6 Å². The van der Waals surface area contributed by atoms with Gasteiger partial charge >= 0.3 is 6.09 Å². The number of halogens is 1. The Balaban J connectivity index is 2.16. The lowest BCUT2D eigenvalue weighted by atomic mass is 9.96. The molecule has 4 heteroatoms. The van der Waals surface area contributed by atoms with Crippen molar-refractivity contribution in [3.8, 4) is 0 Å². The molecule has 1 aromatic rings. The normalized spacial score (nSPS) is 19.8. The SMILES string of the molecule is CC(C)(C)OC(=O)N1CCCCC1c1ccc(Cl)cc1. The standard InChI is InChI=1S/C16H22ClNO2/c1-16(2,3)20-15(19)18-11-5-4-6-14(18)12-7-9-13(17)10-8-12/h7-10,14H,4-6,11H2,1-3H3. The summed E-state index contributed by atoms with van der Waals surface area (Å²) in [5.74, 6) is 0. The third-order valence-electron chi connectivity index (χ3n) is 3.39. The average Bonchev–Trinajstić information content (AvgIpc) is 2.38.